The van der Waals surface area contributed by atoms with Crippen LogP contribution in [0.15, 0.2) is 72.2 Å². The molecule has 2 aliphatic carbocycles. The Bertz CT molecular complexity index is 529. The van der Waals surface area contributed by atoms with Gasteiger partial charge in [0.15, 0.2) is 11.6 Å². The van der Waals surface area contributed by atoms with E-state index in [1.54, 1.807) is 36.7 Å². The Morgan fingerprint density at radius 1 is 0.714 bits per heavy atom. The summed E-state index contributed by atoms with van der Waals surface area (Å²) in [7, 11) is 0. The third-order valence-corrected chi connectivity index (χ3v) is 2.77. The molecule has 0 unspecified atom stereocenters. The minimum Gasteiger partial charge on any atom is -0.389 e. The first-order valence-corrected chi connectivity index (χ1v) is 6.42. The Morgan fingerprint density at radius 2 is 1.10 bits per heavy atom. The molecule has 5 heteroatoms. The largest absolute Gasteiger partial charge is 0.389 e. The molecule has 0 bridgehead atoms. The molecule has 0 saturated heterocycles. The van der Waals surface area contributed by atoms with E-state index < -0.39 is 0 Å². The van der Waals surface area contributed by atoms with Crippen LogP contribution >= 0.6 is 0 Å². The Balaban J connectivity index is 0.00000220. The van der Waals surface area contributed by atoms with E-state index >= 15 is 0 Å². The van der Waals surface area contributed by atoms with Crippen molar-refractivity contribution in [3.8, 4) is 0 Å². The second-order valence-corrected chi connectivity index (χ2v) is 4.27. The van der Waals surface area contributed by atoms with Gasteiger partial charge in [-0.1, -0.05) is 24.3 Å². The summed E-state index contributed by atoms with van der Waals surface area (Å²) >= 11 is 0. The molecule has 0 amide bonds. The Kier molecular flexibility index (Phi) is 7.22. The van der Waals surface area contributed by atoms with Crippen LogP contribution < -0.4 is 10.6 Å². The van der Waals surface area contributed by atoms with Crippen molar-refractivity contribution in [1.29, 1.82) is 0 Å². The SMILES string of the molecule is O=C1C=CC=CC1=CNCCNC=C1C=CC=CC1=O.[Cu]. The number of rotatable bonds is 5. The zero-order chi connectivity index (χ0) is 14.2. The molecule has 113 valence electrons. The van der Waals surface area contributed by atoms with E-state index in [1.165, 1.54) is 12.2 Å². The van der Waals surface area contributed by atoms with Crippen molar-refractivity contribution in [2.75, 3.05) is 13.1 Å². The fraction of sp³-hybridized carbons (Fsp3) is 0.125. The fourth-order valence-electron chi connectivity index (χ4n) is 1.71. The predicted octanol–water partition coefficient (Wildman–Crippen LogP) is 1.32. The molecule has 0 aliphatic heterocycles. The number of carbonyl (C=O) groups is 2. The van der Waals surface area contributed by atoms with Gasteiger partial charge in [-0.25, -0.2) is 0 Å². The maximum atomic E-state index is 11.4. The van der Waals surface area contributed by atoms with Crippen LogP contribution in [0.1, 0.15) is 0 Å². The maximum Gasteiger partial charge on any atom is 0.187 e. The summed E-state index contributed by atoms with van der Waals surface area (Å²) in [5.41, 5.74) is 1.28. The van der Waals surface area contributed by atoms with Crippen molar-refractivity contribution in [2.45, 2.75) is 0 Å². The van der Waals surface area contributed by atoms with Crippen LogP contribution in [0.4, 0.5) is 0 Å². The van der Waals surface area contributed by atoms with E-state index in [9.17, 15) is 9.59 Å². The topological polar surface area (TPSA) is 58.2 Å². The van der Waals surface area contributed by atoms with Gasteiger partial charge in [-0.05, 0) is 24.3 Å². The first kappa shape index (κ1) is 17.0. The number of nitrogens with one attached hydrogen (secondary N) is 2. The molecule has 0 aromatic carbocycles. The summed E-state index contributed by atoms with van der Waals surface area (Å²) in [6, 6.07) is 0. The normalized spacial score (nSPS) is 20.0. The molecule has 0 atom stereocenters. The average Bonchev–Trinajstić information content (AvgIpc) is 2.46. The van der Waals surface area contributed by atoms with Crippen LogP contribution in [0.5, 0.6) is 0 Å². The summed E-state index contributed by atoms with van der Waals surface area (Å²) < 4.78 is 0. The molecule has 0 spiro atoms. The van der Waals surface area contributed by atoms with E-state index in [0.29, 0.717) is 24.2 Å². The van der Waals surface area contributed by atoms with Crippen molar-refractivity contribution in [2.24, 2.45) is 0 Å². The zero-order valence-electron chi connectivity index (χ0n) is 11.3. The number of allylic oxidation sites excluding steroid dienone is 10. The molecule has 21 heavy (non-hydrogen) atoms. The van der Waals surface area contributed by atoms with E-state index in [1.807, 2.05) is 12.2 Å². The molecule has 1 radical (unpaired) electrons. The van der Waals surface area contributed by atoms with Gasteiger partial charge in [-0.3, -0.25) is 9.59 Å². The molecule has 4 nitrogen and oxygen atoms in total. The third-order valence-electron chi connectivity index (χ3n) is 2.77. The van der Waals surface area contributed by atoms with Gasteiger partial charge in [-0.2, -0.15) is 0 Å². The van der Waals surface area contributed by atoms with Crippen LogP contribution in [0, 0.1) is 0 Å². The first-order chi connectivity index (χ1) is 9.77. The van der Waals surface area contributed by atoms with Crippen LogP contribution in [0.25, 0.3) is 0 Å². The van der Waals surface area contributed by atoms with Crippen molar-refractivity contribution in [1.82, 2.24) is 10.6 Å². The Hall–Kier alpha value is -2.10. The second kappa shape index (κ2) is 8.95. The summed E-state index contributed by atoms with van der Waals surface area (Å²) in [5.74, 6) is -0.000363. The third kappa shape index (κ3) is 5.42. The van der Waals surface area contributed by atoms with Gasteiger partial charge in [-0.15, -0.1) is 0 Å². The molecular formula is C16H16CuN2O2. The maximum absolute atomic E-state index is 11.4. The van der Waals surface area contributed by atoms with Gasteiger partial charge in [0.05, 0.1) is 0 Å². The van der Waals surface area contributed by atoms with E-state index in [-0.39, 0.29) is 28.6 Å². The molecule has 0 fully saturated rings. The van der Waals surface area contributed by atoms with Crippen LogP contribution in [-0.2, 0) is 26.7 Å². The predicted molar refractivity (Wildman–Crippen MR) is 78.7 cm³/mol. The van der Waals surface area contributed by atoms with E-state index in [4.69, 9.17) is 0 Å². The average molecular weight is 332 g/mol. The molecule has 2 N–H and O–H groups in total. The smallest absolute Gasteiger partial charge is 0.187 e. The van der Waals surface area contributed by atoms with Gasteiger partial charge in [0.2, 0.25) is 0 Å². The number of hydrogen-bond donors (Lipinski definition) is 2. The van der Waals surface area contributed by atoms with Gasteiger partial charge >= 0.3 is 0 Å². The van der Waals surface area contributed by atoms with Gasteiger partial charge in [0.25, 0.3) is 0 Å². The molecule has 0 saturated carbocycles. The zero-order valence-corrected chi connectivity index (χ0v) is 12.2. The van der Waals surface area contributed by atoms with Crippen molar-refractivity contribution < 1.29 is 26.7 Å². The summed E-state index contributed by atoms with van der Waals surface area (Å²) in [5, 5.41) is 6.12. The van der Waals surface area contributed by atoms with Gasteiger partial charge in [0, 0.05) is 53.7 Å². The molecule has 2 rings (SSSR count). The summed E-state index contributed by atoms with van der Waals surface area (Å²) in [6.45, 7) is 1.32. The van der Waals surface area contributed by atoms with E-state index in [0.717, 1.165) is 0 Å². The van der Waals surface area contributed by atoms with Crippen LogP contribution in [-0.4, -0.2) is 24.7 Å². The van der Waals surface area contributed by atoms with Crippen molar-refractivity contribution in [3.05, 3.63) is 72.2 Å². The molecule has 0 aromatic heterocycles. The first-order valence-electron chi connectivity index (χ1n) is 6.42. The van der Waals surface area contributed by atoms with Crippen LogP contribution in [0.2, 0.25) is 0 Å². The molecular weight excluding hydrogens is 316 g/mol. The van der Waals surface area contributed by atoms with Crippen molar-refractivity contribution in [3.63, 3.8) is 0 Å². The molecule has 0 aromatic rings. The standard InChI is InChI=1S/C16H16N2O2.Cu/c19-15-7-3-1-5-13(15)11-17-9-10-18-12-14-6-2-4-8-16(14)20;/h1-8,11-12,17-18H,9-10H2;. The van der Waals surface area contributed by atoms with Crippen LogP contribution in [0.3, 0.4) is 0 Å². The summed E-state index contributed by atoms with van der Waals surface area (Å²) in [6.07, 6.45) is 17.1. The Labute approximate surface area is 134 Å². The summed E-state index contributed by atoms with van der Waals surface area (Å²) in [4.78, 5) is 22.9. The van der Waals surface area contributed by atoms with Gasteiger partial charge < -0.3 is 10.6 Å². The minimum atomic E-state index is -0.000182. The quantitative estimate of drug-likeness (QED) is 0.453. The second-order valence-electron chi connectivity index (χ2n) is 4.27. The number of hydrogen-bond acceptors (Lipinski definition) is 4. The molecule has 0 heterocycles. The number of carbonyl (C=O) groups excluding carboxylic acids is 2. The van der Waals surface area contributed by atoms with Crippen molar-refractivity contribution >= 4 is 11.6 Å². The van der Waals surface area contributed by atoms with Gasteiger partial charge in [0.1, 0.15) is 0 Å². The fourth-order valence-corrected chi connectivity index (χ4v) is 1.71. The Morgan fingerprint density at radius 3 is 1.48 bits per heavy atom. The minimum absolute atomic E-state index is 0. The number of ketones is 2. The monoisotopic (exact) mass is 331 g/mol. The molecule has 2 aliphatic rings. The van der Waals surface area contributed by atoms with E-state index in [2.05, 4.69) is 10.6 Å².